The van der Waals surface area contributed by atoms with Crippen LogP contribution < -0.4 is 20.4 Å². The molecule has 0 aromatic rings. The first kappa shape index (κ1) is 36.0. The van der Waals surface area contributed by atoms with Crippen LogP contribution in [0.25, 0.3) is 0 Å². The molecule has 0 saturated carbocycles. The molecule has 0 aliphatic heterocycles. The van der Waals surface area contributed by atoms with Gasteiger partial charge in [-0.3, -0.25) is 0 Å². The van der Waals surface area contributed by atoms with Crippen LogP contribution in [0.5, 0.6) is 0 Å². The SMILES string of the molecule is CC[O-].CC[O-].CC[O-].CC[O-].[Ca+2].[Mg+2]. The van der Waals surface area contributed by atoms with Crippen LogP contribution in [-0.4, -0.2) is 87.2 Å². The third kappa shape index (κ3) is 659. The molecule has 14 heavy (non-hydrogen) atoms. The van der Waals surface area contributed by atoms with Gasteiger partial charge in [0.25, 0.3) is 0 Å². The molecule has 0 bridgehead atoms. The van der Waals surface area contributed by atoms with Crippen molar-refractivity contribution in [2.75, 3.05) is 26.4 Å². The predicted molar refractivity (Wildman–Crippen MR) is 53.7 cm³/mol. The molecule has 0 saturated heterocycles. The second-order valence-corrected chi connectivity index (χ2v) is 1.15. The minimum atomic E-state index is 0. The van der Waals surface area contributed by atoms with Crippen molar-refractivity contribution in [3.8, 4) is 0 Å². The van der Waals surface area contributed by atoms with Gasteiger partial charge in [-0.1, -0.05) is 27.7 Å². The summed E-state index contributed by atoms with van der Waals surface area (Å²) in [4.78, 5) is 0. The van der Waals surface area contributed by atoms with Crippen LogP contribution in [0.3, 0.4) is 0 Å². The van der Waals surface area contributed by atoms with Gasteiger partial charge in [-0.2, -0.15) is 0 Å². The Bertz CT molecular complexity index is 29.3. The molecule has 0 amide bonds. The van der Waals surface area contributed by atoms with E-state index in [4.69, 9.17) is 20.4 Å². The molecule has 0 aromatic heterocycles. The van der Waals surface area contributed by atoms with Gasteiger partial charge in [-0.15, -0.1) is 26.4 Å². The van der Waals surface area contributed by atoms with Gasteiger partial charge in [0, 0.05) is 0 Å². The van der Waals surface area contributed by atoms with E-state index in [9.17, 15) is 0 Å². The third-order valence-electron chi connectivity index (χ3n) is 0. The molecule has 0 N–H and O–H groups in total. The normalized spacial score (nSPS) is 5.14. The first-order valence-electron chi connectivity index (χ1n) is 3.98. The Hall–Kier alpha value is 1.87. The summed E-state index contributed by atoms with van der Waals surface area (Å²) in [5, 5.41) is 35.7. The van der Waals surface area contributed by atoms with Crippen LogP contribution in [0, 0.1) is 0 Å². The zero-order valence-electron chi connectivity index (χ0n) is 9.88. The Morgan fingerprint density at radius 1 is 0.571 bits per heavy atom. The van der Waals surface area contributed by atoms with Crippen molar-refractivity contribution < 1.29 is 20.4 Å². The summed E-state index contributed by atoms with van der Waals surface area (Å²) in [6.45, 7) is 6.28. The third-order valence-corrected chi connectivity index (χ3v) is 0. The fourth-order valence-corrected chi connectivity index (χ4v) is 0. The quantitative estimate of drug-likeness (QED) is 0.418. The van der Waals surface area contributed by atoms with E-state index in [0.717, 1.165) is 0 Å². The summed E-state index contributed by atoms with van der Waals surface area (Å²) < 4.78 is 0. The van der Waals surface area contributed by atoms with Crippen molar-refractivity contribution in [3.63, 3.8) is 0 Å². The topological polar surface area (TPSA) is 92.2 Å². The van der Waals surface area contributed by atoms with Gasteiger partial charge in [0.2, 0.25) is 0 Å². The fourth-order valence-electron chi connectivity index (χ4n) is 0. The summed E-state index contributed by atoms with van der Waals surface area (Å²) >= 11 is 0. The van der Waals surface area contributed by atoms with E-state index in [0.29, 0.717) is 0 Å². The molecule has 0 rings (SSSR count). The van der Waals surface area contributed by atoms with Gasteiger partial charge in [0.05, 0.1) is 0 Å². The average Bonchev–Trinajstić information content (AvgIpc) is 1.92. The minimum absolute atomic E-state index is 0. The molecule has 0 spiro atoms. The molecule has 0 fully saturated rings. The van der Waals surface area contributed by atoms with E-state index in [1.165, 1.54) is 0 Å². The summed E-state index contributed by atoms with van der Waals surface area (Å²) in [7, 11) is 0. The van der Waals surface area contributed by atoms with Crippen molar-refractivity contribution in [1.29, 1.82) is 0 Å². The van der Waals surface area contributed by atoms with Crippen LogP contribution in [-0.2, 0) is 0 Å². The smallest absolute Gasteiger partial charge is 0.855 e. The van der Waals surface area contributed by atoms with Gasteiger partial charge in [0.15, 0.2) is 0 Å². The van der Waals surface area contributed by atoms with Gasteiger partial charge < -0.3 is 20.4 Å². The van der Waals surface area contributed by atoms with Crippen LogP contribution >= 0.6 is 0 Å². The maximum Gasteiger partial charge on any atom is 2.00 e. The molecule has 0 aliphatic carbocycles. The molecule has 0 radical (unpaired) electrons. The molecule has 4 nitrogen and oxygen atoms in total. The summed E-state index contributed by atoms with van der Waals surface area (Å²) in [5.74, 6) is 0. The zero-order valence-corrected chi connectivity index (χ0v) is 13.5. The summed E-state index contributed by atoms with van der Waals surface area (Å²) in [6, 6.07) is 0. The summed E-state index contributed by atoms with van der Waals surface area (Å²) in [6.07, 6.45) is 0. The molecule has 0 unspecified atom stereocenters. The Morgan fingerprint density at radius 2 is 0.571 bits per heavy atom. The van der Waals surface area contributed by atoms with Crippen LogP contribution in [0.1, 0.15) is 27.7 Å². The number of hydrogen-bond acceptors (Lipinski definition) is 4. The van der Waals surface area contributed by atoms with Crippen molar-refractivity contribution >= 4 is 60.8 Å². The first-order chi connectivity index (χ1) is 5.66. The van der Waals surface area contributed by atoms with Crippen LogP contribution in [0.2, 0.25) is 0 Å². The maximum absolute atomic E-state index is 8.93. The molecular formula is C8H20CaMgO4. The molecule has 80 valence electrons. The molecule has 0 atom stereocenters. The second-order valence-electron chi connectivity index (χ2n) is 1.15. The number of hydrogen-bond donors (Lipinski definition) is 0. The van der Waals surface area contributed by atoms with Crippen molar-refractivity contribution in [1.82, 2.24) is 0 Å². The average molecular weight is 245 g/mol. The van der Waals surface area contributed by atoms with E-state index in [2.05, 4.69) is 0 Å². The maximum atomic E-state index is 8.93. The van der Waals surface area contributed by atoms with Crippen molar-refractivity contribution in [2.24, 2.45) is 0 Å². The largest absolute Gasteiger partial charge is 2.00 e. The number of rotatable bonds is 0. The van der Waals surface area contributed by atoms with Gasteiger partial charge in [-0.05, 0) is 0 Å². The monoisotopic (exact) mass is 244 g/mol. The molecule has 0 aliphatic rings. The molecule has 0 aromatic carbocycles. The van der Waals surface area contributed by atoms with E-state index in [-0.39, 0.29) is 87.2 Å². The van der Waals surface area contributed by atoms with Gasteiger partial charge >= 0.3 is 60.8 Å². The van der Waals surface area contributed by atoms with Crippen molar-refractivity contribution in [3.05, 3.63) is 0 Å². The van der Waals surface area contributed by atoms with E-state index >= 15 is 0 Å². The minimum Gasteiger partial charge on any atom is -0.855 e. The van der Waals surface area contributed by atoms with Gasteiger partial charge in [0.1, 0.15) is 0 Å². The fraction of sp³-hybridized carbons (Fsp3) is 1.00. The second kappa shape index (κ2) is 83.1. The van der Waals surface area contributed by atoms with E-state index in [1.807, 2.05) is 0 Å². The summed E-state index contributed by atoms with van der Waals surface area (Å²) in [5.41, 5.74) is 0. The van der Waals surface area contributed by atoms with E-state index < -0.39 is 0 Å². The molecule has 0 heterocycles. The molecule has 6 heteroatoms. The first-order valence-corrected chi connectivity index (χ1v) is 3.98. The Morgan fingerprint density at radius 3 is 0.571 bits per heavy atom. The predicted octanol–water partition coefficient (Wildman–Crippen LogP) is -3.30. The van der Waals surface area contributed by atoms with Crippen molar-refractivity contribution in [2.45, 2.75) is 27.7 Å². The Balaban J connectivity index is -0.0000000145. The van der Waals surface area contributed by atoms with Crippen LogP contribution in [0.4, 0.5) is 0 Å². The Kier molecular flexibility index (Phi) is 214. The Labute approximate surface area is 134 Å². The molecular weight excluding hydrogens is 224 g/mol. The van der Waals surface area contributed by atoms with E-state index in [1.54, 1.807) is 27.7 Å². The van der Waals surface area contributed by atoms with Crippen LogP contribution in [0.15, 0.2) is 0 Å². The standard InChI is InChI=1S/4C2H5O.Ca.Mg/c4*1-2-3;;/h4*2H2,1H3;;/q4*-1;2*+2. The zero-order chi connectivity index (χ0) is 10.8. The van der Waals surface area contributed by atoms with Gasteiger partial charge in [-0.25, -0.2) is 0 Å².